The number of hydrogen-bond donors (Lipinski definition) is 1. The Hall–Kier alpha value is -2.99. The Morgan fingerprint density at radius 3 is 2.68 bits per heavy atom. The van der Waals surface area contributed by atoms with E-state index in [0.29, 0.717) is 11.6 Å². The fraction of sp³-hybridized carbons (Fsp3) is 0.105. The first-order valence-electron chi connectivity index (χ1n) is 7.73. The van der Waals surface area contributed by atoms with E-state index >= 15 is 0 Å². The highest BCUT2D eigenvalue weighted by Crippen LogP contribution is 2.24. The predicted octanol–water partition coefficient (Wildman–Crippen LogP) is 3.79. The van der Waals surface area contributed by atoms with Crippen molar-refractivity contribution in [2.45, 2.75) is 6.42 Å². The summed E-state index contributed by atoms with van der Waals surface area (Å²) < 4.78 is 5.34. The first-order valence-corrected chi connectivity index (χ1v) is 8.54. The number of rotatable bonds is 6. The van der Waals surface area contributed by atoms with Crippen molar-refractivity contribution < 1.29 is 9.53 Å². The molecule has 0 radical (unpaired) electrons. The number of benzene rings is 2. The van der Waals surface area contributed by atoms with Gasteiger partial charge < -0.3 is 4.74 Å². The third kappa shape index (κ3) is 4.74. The highest BCUT2D eigenvalue weighted by molar-refractivity contribution is 7.15. The normalized spacial score (nSPS) is 10.8. The van der Waals surface area contributed by atoms with Gasteiger partial charge in [0.1, 0.15) is 10.8 Å². The summed E-state index contributed by atoms with van der Waals surface area (Å²) in [6.45, 7) is 0. The van der Waals surface area contributed by atoms with Gasteiger partial charge in [-0.05, 0) is 17.7 Å². The maximum absolute atomic E-state index is 12.0. The van der Waals surface area contributed by atoms with Gasteiger partial charge in [0.2, 0.25) is 11.0 Å². The molecule has 3 rings (SSSR count). The van der Waals surface area contributed by atoms with E-state index in [9.17, 15) is 4.79 Å². The van der Waals surface area contributed by atoms with Crippen molar-refractivity contribution in [2.24, 2.45) is 0 Å². The Labute approximate surface area is 150 Å². The first-order chi connectivity index (χ1) is 12.2. The third-order valence-corrected chi connectivity index (χ3v) is 4.30. The molecule has 25 heavy (non-hydrogen) atoms. The molecule has 1 heterocycles. The number of nitrogens with one attached hydrogen (secondary N) is 1. The van der Waals surface area contributed by atoms with Crippen LogP contribution in [0.4, 0.5) is 5.13 Å². The summed E-state index contributed by atoms with van der Waals surface area (Å²) >= 11 is 1.35. The zero-order valence-corrected chi connectivity index (χ0v) is 14.5. The summed E-state index contributed by atoms with van der Waals surface area (Å²) in [5.74, 6) is 0.581. The Kier molecular flexibility index (Phi) is 5.53. The zero-order chi connectivity index (χ0) is 17.5. The summed E-state index contributed by atoms with van der Waals surface area (Å²) in [5, 5.41) is 12.2. The quantitative estimate of drug-likeness (QED) is 0.686. The molecule has 0 fully saturated rings. The van der Waals surface area contributed by atoms with E-state index in [0.717, 1.165) is 21.9 Å². The molecular formula is C19H17N3O2S. The summed E-state index contributed by atoms with van der Waals surface area (Å²) in [4.78, 5) is 12.0. The summed E-state index contributed by atoms with van der Waals surface area (Å²) in [6.07, 6.45) is 3.85. The van der Waals surface area contributed by atoms with Gasteiger partial charge >= 0.3 is 0 Å². The number of aromatic nitrogens is 2. The topological polar surface area (TPSA) is 64.1 Å². The number of ether oxygens (including phenoxy) is 1. The average Bonchev–Trinajstić information content (AvgIpc) is 3.08. The van der Waals surface area contributed by atoms with Crippen LogP contribution in [0, 0.1) is 0 Å². The van der Waals surface area contributed by atoms with Crippen molar-refractivity contribution in [3.05, 3.63) is 76.8 Å². The fourth-order valence-corrected chi connectivity index (χ4v) is 3.04. The van der Waals surface area contributed by atoms with Crippen LogP contribution in [0.1, 0.15) is 16.1 Å². The van der Waals surface area contributed by atoms with Crippen molar-refractivity contribution in [3.63, 3.8) is 0 Å². The number of para-hydroxylation sites is 1. The molecule has 0 unspecified atom stereocenters. The first kappa shape index (κ1) is 16.9. The molecule has 0 spiro atoms. The molecule has 5 nitrogen and oxygen atoms in total. The lowest BCUT2D eigenvalue weighted by Crippen LogP contribution is -2.07. The number of carbonyl (C=O) groups excluding carboxylic acids is 1. The number of hydrogen-bond acceptors (Lipinski definition) is 5. The van der Waals surface area contributed by atoms with Crippen LogP contribution in [-0.4, -0.2) is 23.2 Å². The van der Waals surface area contributed by atoms with E-state index in [4.69, 9.17) is 4.74 Å². The molecule has 0 saturated carbocycles. The van der Waals surface area contributed by atoms with E-state index in [1.54, 1.807) is 13.2 Å². The standard InChI is InChI=1S/C19H17N3O2S/c1-24-16-10-6-5-9-15(16)13-18-21-22-19(25-18)20-17(23)12-11-14-7-3-2-4-8-14/h2-12H,13H2,1H3,(H,20,22,23)/b12-11+. The lowest BCUT2D eigenvalue weighted by Gasteiger charge is -2.05. The second kappa shape index (κ2) is 8.21. The zero-order valence-electron chi connectivity index (χ0n) is 13.7. The average molecular weight is 351 g/mol. The van der Waals surface area contributed by atoms with Gasteiger partial charge in [-0.25, -0.2) is 0 Å². The molecule has 0 aliphatic heterocycles. The van der Waals surface area contributed by atoms with Crippen LogP contribution >= 0.6 is 11.3 Å². The minimum atomic E-state index is -0.233. The van der Waals surface area contributed by atoms with Gasteiger partial charge in [-0.2, -0.15) is 0 Å². The lowest BCUT2D eigenvalue weighted by atomic mass is 10.1. The van der Waals surface area contributed by atoms with Crippen molar-refractivity contribution in [2.75, 3.05) is 12.4 Å². The van der Waals surface area contributed by atoms with Crippen LogP contribution in [0.15, 0.2) is 60.7 Å². The molecule has 0 bridgehead atoms. The van der Waals surface area contributed by atoms with Crippen LogP contribution in [0.3, 0.4) is 0 Å². The van der Waals surface area contributed by atoms with Gasteiger partial charge in [0.15, 0.2) is 0 Å². The molecule has 1 N–H and O–H groups in total. The minimum Gasteiger partial charge on any atom is -0.496 e. The van der Waals surface area contributed by atoms with Crippen LogP contribution < -0.4 is 10.1 Å². The lowest BCUT2D eigenvalue weighted by molar-refractivity contribution is -0.111. The molecule has 2 aromatic carbocycles. The van der Waals surface area contributed by atoms with Gasteiger partial charge in [0.05, 0.1) is 7.11 Å². The molecule has 3 aromatic rings. The van der Waals surface area contributed by atoms with Gasteiger partial charge in [-0.1, -0.05) is 59.9 Å². The molecule has 126 valence electrons. The predicted molar refractivity (Wildman–Crippen MR) is 99.8 cm³/mol. The number of carbonyl (C=O) groups is 1. The number of anilines is 1. The molecule has 0 saturated heterocycles. The third-order valence-electron chi connectivity index (χ3n) is 3.46. The largest absolute Gasteiger partial charge is 0.496 e. The highest BCUT2D eigenvalue weighted by atomic mass is 32.1. The van der Waals surface area contributed by atoms with Crippen molar-refractivity contribution in [3.8, 4) is 5.75 Å². The molecule has 1 aromatic heterocycles. The monoisotopic (exact) mass is 351 g/mol. The van der Waals surface area contributed by atoms with E-state index in [1.165, 1.54) is 17.4 Å². The Morgan fingerprint density at radius 2 is 1.88 bits per heavy atom. The molecule has 0 atom stereocenters. The van der Waals surface area contributed by atoms with E-state index < -0.39 is 0 Å². The van der Waals surface area contributed by atoms with Crippen molar-refractivity contribution in [1.82, 2.24) is 10.2 Å². The molecule has 0 aliphatic carbocycles. The molecule has 6 heteroatoms. The fourth-order valence-electron chi connectivity index (χ4n) is 2.27. The van der Waals surface area contributed by atoms with Crippen LogP contribution in [0.2, 0.25) is 0 Å². The molecule has 0 aliphatic rings. The number of nitrogens with zero attached hydrogens (tertiary/aromatic N) is 2. The highest BCUT2D eigenvalue weighted by Gasteiger charge is 2.09. The van der Waals surface area contributed by atoms with Crippen molar-refractivity contribution in [1.29, 1.82) is 0 Å². The van der Waals surface area contributed by atoms with Crippen LogP contribution in [0.25, 0.3) is 6.08 Å². The summed E-state index contributed by atoms with van der Waals surface area (Å²) in [5.41, 5.74) is 2.00. The van der Waals surface area contributed by atoms with E-state index in [-0.39, 0.29) is 5.91 Å². The Morgan fingerprint density at radius 1 is 1.12 bits per heavy atom. The molecule has 1 amide bonds. The summed E-state index contributed by atoms with van der Waals surface area (Å²) in [7, 11) is 1.64. The van der Waals surface area contributed by atoms with Crippen LogP contribution in [-0.2, 0) is 11.2 Å². The smallest absolute Gasteiger partial charge is 0.250 e. The van der Waals surface area contributed by atoms with Gasteiger partial charge in [0.25, 0.3) is 0 Å². The Balaban J connectivity index is 1.61. The minimum absolute atomic E-state index is 0.233. The van der Waals surface area contributed by atoms with Gasteiger partial charge in [-0.15, -0.1) is 10.2 Å². The second-order valence-corrected chi connectivity index (χ2v) is 6.28. The SMILES string of the molecule is COc1ccccc1Cc1nnc(NC(=O)/C=C/c2ccccc2)s1. The number of amides is 1. The van der Waals surface area contributed by atoms with E-state index in [2.05, 4.69) is 15.5 Å². The molecular weight excluding hydrogens is 334 g/mol. The Bertz CT molecular complexity index is 875. The van der Waals surface area contributed by atoms with E-state index in [1.807, 2.05) is 54.6 Å². The second-order valence-electron chi connectivity index (χ2n) is 5.22. The maximum Gasteiger partial charge on any atom is 0.250 e. The van der Waals surface area contributed by atoms with Crippen LogP contribution in [0.5, 0.6) is 5.75 Å². The summed E-state index contributed by atoms with van der Waals surface area (Å²) in [6, 6.07) is 17.4. The van der Waals surface area contributed by atoms with Crippen molar-refractivity contribution >= 4 is 28.5 Å². The van der Waals surface area contributed by atoms with Gasteiger partial charge in [-0.3, -0.25) is 10.1 Å². The number of methoxy groups -OCH3 is 1. The maximum atomic E-state index is 12.0. The van der Waals surface area contributed by atoms with Gasteiger partial charge in [0, 0.05) is 18.1 Å².